The quantitative estimate of drug-likeness (QED) is 0.0153. The molecule has 40 nitrogen and oxygen atoms in total. The zero-order valence-corrected chi connectivity index (χ0v) is 50.7. The second-order valence-corrected chi connectivity index (χ2v) is 20.3. The van der Waals surface area contributed by atoms with Crippen LogP contribution >= 0.6 is 0 Å². The molecule has 0 radical (unpaired) electrons. The lowest BCUT2D eigenvalue weighted by atomic mass is 10.0. The molecule has 89 heavy (non-hydrogen) atoms. The van der Waals surface area contributed by atoms with Crippen LogP contribution in [0.1, 0.15) is 110 Å². The van der Waals surface area contributed by atoms with Gasteiger partial charge in [-0.25, -0.2) is 0 Å². The Morgan fingerprint density at radius 2 is 0.382 bits per heavy atom. The maximum absolute atomic E-state index is 14.7. The normalized spacial score (nSPS) is 13.3. The van der Waals surface area contributed by atoms with E-state index in [9.17, 15) is 38.4 Å². The van der Waals surface area contributed by atoms with E-state index in [0.717, 1.165) is 0 Å². The molecular formula is C49H100N32O8. The Labute approximate surface area is 516 Å². The van der Waals surface area contributed by atoms with E-state index < -0.39 is 95.5 Å². The molecule has 0 heterocycles. The summed E-state index contributed by atoms with van der Waals surface area (Å²) < 4.78 is 0. The lowest BCUT2D eigenvalue weighted by Crippen LogP contribution is -2.60. The number of aliphatic imine (C=N–C) groups is 8. The molecule has 8 unspecified atom stereocenters. The number of carbonyl (C=O) groups excluding carboxylic acids is 8. The predicted octanol–water partition coefficient (Wildman–Crippen LogP) is -11.1. The van der Waals surface area contributed by atoms with E-state index in [1.165, 1.54) is 0 Å². The highest BCUT2D eigenvalue weighted by Crippen LogP contribution is 2.12. The van der Waals surface area contributed by atoms with Gasteiger partial charge in [-0.1, -0.05) is 6.92 Å². The molecule has 0 saturated heterocycles. The Morgan fingerprint density at radius 1 is 0.236 bits per heavy atom. The van der Waals surface area contributed by atoms with Crippen molar-refractivity contribution in [1.82, 2.24) is 37.2 Å². The molecule has 0 aromatic heterocycles. The molecule has 504 valence electrons. The first kappa shape index (κ1) is 78.9. The Hall–Kier alpha value is -10.1. The first-order chi connectivity index (χ1) is 41.9. The summed E-state index contributed by atoms with van der Waals surface area (Å²) in [5.74, 6) is -9.07. The lowest BCUT2D eigenvalue weighted by Gasteiger charge is -2.28. The molecule has 0 aliphatic rings. The molecule has 8 atom stereocenters. The number of guanidine groups is 8. The fraction of sp³-hybridized carbons (Fsp3) is 0.673. The molecule has 0 bridgehead atoms. The zero-order chi connectivity index (χ0) is 67.4. The molecule has 0 aromatic carbocycles. The van der Waals surface area contributed by atoms with Gasteiger partial charge in [0, 0.05) is 58.3 Å². The van der Waals surface area contributed by atoms with Crippen molar-refractivity contribution in [3.05, 3.63) is 0 Å². The van der Waals surface area contributed by atoms with Gasteiger partial charge in [-0.15, -0.1) is 0 Å². The molecule has 0 spiro atoms. The maximum atomic E-state index is 14.7. The molecule has 0 aliphatic carbocycles. The van der Waals surface area contributed by atoms with Crippen LogP contribution in [-0.2, 0) is 38.4 Å². The molecule has 8 amide bonds. The monoisotopic (exact) mass is 1260 g/mol. The highest BCUT2D eigenvalue weighted by atomic mass is 16.2. The summed E-state index contributed by atoms with van der Waals surface area (Å²) in [5.41, 5.74) is 93.9. The molecule has 0 fully saturated rings. The molecule has 0 aliphatic heterocycles. The maximum Gasteiger partial charge on any atom is 0.243 e. The van der Waals surface area contributed by atoms with Crippen molar-refractivity contribution in [3.63, 3.8) is 0 Å². The van der Waals surface area contributed by atoms with Gasteiger partial charge in [0.2, 0.25) is 47.3 Å². The van der Waals surface area contributed by atoms with E-state index in [1.807, 2.05) is 0 Å². The largest absolute Gasteiger partial charge is 0.370 e. The van der Waals surface area contributed by atoms with Gasteiger partial charge in [0.1, 0.15) is 42.3 Å². The second-order valence-electron chi connectivity index (χ2n) is 20.3. The Balaban J connectivity index is 7.48. The number of hydrogen-bond acceptors (Lipinski definition) is 16. The minimum atomic E-state index is -1.50. The number of carbonyl (C=O) groups is 8. The van der Waals surface area contributed by atoms with Gasteiger partial charge in [0.05, 0.1) is 0 Å². The third-order valence-electron chi connectivity index (χ3n) is 12.6. The zero-order valence-electron chi connectivity index (χ0n) is 50.7. The van der Waals surface area contributed by atoms with E-state index in [2.05, 4.69) is 77.2 Å². The predicted molar refractivity (Wildman–Crippen MR) is 341 cm³/mol. The van der Waals surface area contributed by atoms with E-state index in [0.29, 0.717) is 12.8 Å². The van der Waals surface area contributed by atoms with Gasteiger partial charge >= 0.3 is 0 Å². The number of nitrogens with zero attached hydrogens (tertiary/aromatic N) is 8. The minimum absolute atomic E-state index is 0.0102. The van der Waals surface area contributed by atoms with Crippen LogP contribution in [0.25, 0.3) is 0 Å². The Bertz CT molecular complexity index is 2470. The summed E-state index contributed by atoms with van der Waals surface area (Å²) in [6, 6.07) is -9.70. The number of nitrogens with one attached hydrogen (secondary N) is 7. The van der Waals surface area contributed by atoms with Gasteiger partial charge in [-0.05, 0) is 103 Å². The van der Waals surface area contributed by atoms with E-state index >= 15 is 0 Å². The van der Waals surface area contributed by atoms with Crippen molar-refractivity contribution in [2.45, 2.75) is 152 Å². The van der Waals surface area contributed by atoms with Crippen LogP contribution in [-0.4, -0.2) is 190 Å². The fourth-order valence-corrected chi connectivity index (χ4v) is 8.11. The average molecular weight is 1270 g/mol. The van der Waals surface area contributed by atoms with Crippen LogP contribution < -0.4 is 135 Å². The number of amides is 8. The van der Waals surface area contributed by atoms with E-state index in [-0.39, 0.29) is 190 Å². The second kappa shape index (κ2) is 45.3. The fourth-order valence-electron chi connectivity index (χ4n) is 8.11. The Kier molecular flexibility index (Phi) is 40.1. The highest BCUT2D eigenvalue weighted by Gasteiger charge is 2.34. The van der Waals surface area contributed by atoms with E-state index in [4.69, 9.17) is 97.5 Å². The highest BCUT2D eigenvalue weighted by molar-refractivity contribution is 5.98. The topological polar surface area (TPSA) is 762 Å². The molecule has 0 aromatic rings. The van der Waals surface area contributed by atoms with Gasteiger partial charge < -0.3 is 135 Å². The third kappa shape index (κ3) is 40.0. The molecular weight excluding hydrogens is 1160 g/mol. The number of hydrogen-bond donors (Lipinski definition) is 24. The molecule has 0 rings (SSSR count). The number of nitrogens with two attached hydrogens (primary N) is 17. The number of primary amides is 1. The summed E-state index contributed by atoms with van der Waals surface area (Å²) in [4.78, 5) is 144. The first-order valence-electron chi connectivity index (χ1n) is 28.8. The Morgan fingerprint density at radius 3 is 0.551 bits per heavy atom. The summed E-state index contributed by atoms with van der Waals surface area (Å²) >= 11 is 0. The van der Waals surface area contributed by atoms with Gasteiger partial charge in [-0.2, -0.15) is 0 Å². The van der Waals surface area contributed by atoms with Crippen LogP contribution in [0, 0.1) is 5.92 Å². The standard InChI is InChI=1S/C49H100N32O8/c1-26(10-2-18-67-42(51)52)35(83)76-28(12-4-20-69-44(55)56)37(85)78-30(14-6-22-71-46(59)60)39(87)80-32(16-8-24-73-48(63)64)41(89)81-33(17-9-25-74-49(65)66)40(88)79-31(15-7-23-72-47(61)62)38(86)77-29(13-5-21-70-45(57)58)36(84)75-27(34(50)82)11-3-19-68-43(53)54/h26-33H,2-25H2,1H3,(H2,50,82)(H,75,84)(H,76,83)(H,77,86)(H,78,85)(H,79,88)(H,80,87)(H,81,89)(H4,51,52,67)(H4,53,54,68)(H4,55,56,69)(H4,57,58,70)(H4,59,60,71)(H4,61,62,72)(H4,63,64,73)(H4,65,66,74). The lowest BCUT2D eigenvalue weighted by molar-refractivity contribution is -0.136. The summed E-state index contributed by atoms with van der Waals surface area (Å²) in [5, 5.41) is 18.6. The molecule has 40 heteroatoms. The smallest absolute Gasteiger partial charge is 0.243 e. The third-order valence-corrected chi connectivity index (χ3v) is 12.6. The minimum Gasteiger partial charge on any atom is -0.370 e. The number of rotatable bonds is 47. The SMILES string of the molecule is CC(CCCN=C(N)N)C(=O)NC(CCCN=C(N)N)C(=O)NC(CCCN=C(N)N)C(=O)NC(CCCN=C(N)N)C(=O)NC(CCCN=C(N)N)C(=O)NC(CCCN=C(N)N)C(=O)NC(CCCN=C(N)N)C(=O)NC(CCCN=C(N)N)C(N)=O. The van der Waals surface area contributed by atoms with Crippen molar-refractivity contribution in [2.24, 2.45) is 143 Å². The molecule has 41 N–H and O–H groups in total. The van der Waals surface area contributed by atoms with Gasteiger partial charge in [0.15, 0.2) is 47.7 Å². The van der Waals surface area contributed by atoms with Crippen molar-refractivity contribution >= 4 is 94.9 Å². The summed E-state index contributed by atoms with van der Waals surface area (Å²) in [7, 11) is 0. The van der Waals surface area contributed by atoms with E-state index in [1.54, 1.807) is 6.92 Å². The summed E-state index contributed by atoms with van der Waals surface area (Å²) in [6.45, 7) is 2.06. The van der Waals surface area contributed by atoms with Gasteiger partial charge in [0.25, 0.3) is 0 Å². The van der Waals surface area contributed by atoms with Crippen LogP contribution in [0.15, 0.2) is 39.9 Å². The van der Waals surface area contributed by atoms with Crippen molar-refractivity contribution < 1.29 is 38.4 Å². The average Bonchev–Trinajstić information content (AvgIpc) is 2.21. The van der Waals surface area contributed by atoms with Crippen molar-refractivity contribution in [1.29, 1.82) is 0 Å². The van der Waals surface area contributed by atoms with Crippen LogP contribution in [0.4, 0.5) is 0 Å². The molecule has 0 saturated carbocycles. The van der Waals surface area contributed by atoms with Gasteiger partial charge in [-0.3, -0.25) is 78.3 Å². The summed E-state index contributed by atoms with van der Waals surface area (Å²) in [6.07, 6.45) is 1.02. The van der Waals surface area contributed by atoms with Crippen LogP contribution in [0.3, 0.4) is 0 Å². The van der Waals surface area contributed by atoms with Crippen molar-refractivity contribution in [2.75, 3.05) is 52.4 Å². The van der Waals surface area contributed by atoms with Crippen molar-refractivity contribution in [3.8, 4) is 0 Å². The van der Waals surface area contributed by atoms with Crippen LogP contribution in [0.2, 0.25) is 0 Å². The first-order valence-corrected chi connectivity index (χ1v) is 28.8. The van der Waals surface area contributed by atoms with Crippen LogP contribution in [0.5, 0.6) is 0 Å².